The predicted molar refractivity (Wildman–Crippen MR) is 116 cm³/mol. The molecule has 2 rings (SSSR count). The number of amides is 2. The Morgan fingerprint density at radius 3 is 2.38 bits per heavy atom. The highest BCUT2D eigenvalue weighted by molar-refractivity contribution is 5.90. The second kappa shape index (κ2) is 11.1. The lowest BCUT2D eigenvalue weighted by Gasteiger charge is -2.27. The monoisotopic (exact) mass is 452 g/mol. The van der Waals surface area contributed by atoms with Gasteiger partial charge in [-0.1, -0.05) is 12.1 Å². The molecule has 0 radical (unpaired) electrons. The van der Waals surface area contributed by atoms with Crippen molar-refractivity contribution in [1.82, 2.24) is 10.6 Å². The second-order valence-electron chi connectivity index (χ2n) is 7.85. The molecule has 0 aromatic heterocycles. The van der Waals surface area contributed by atoms with Crippen LogP contribution in [0.2, 0.25) is 0 Å². The van der Waals surface area contributed by atoms with Crippen LogP contribution in [0.15, 0.2) is 29.3 Å². The lowest BCUT2D eigenvalue weighted by molar-refractivity contribution is -0.134. The number of carbonyl (C=O) groups excluding carboxylic acids is 2. The van der Waals surface area contributed by atoms with Crippen molar-refractivity contribution in [2.45, 2.75) is 56.2 Å². The van der Waals surface area contributed by atoms with Gasteiger partial charge in [0.05, 0.1) is 18.2 Å². The normalized spacial score (nSPS) is 21.0. The van der Waals surface area contributed by atoms with E-state index in [4.69, 9.17) is 21.9 Å². The number of aliphatic imine (C=N–C) groups is 1. The highest BCUT2D eigenvalue weighted by atomic mass is 16.7. The zero-order valence-electron chi connectivity index (χ0n) is 17.9. The summed E-state index contributed by atoms with van der Waals surface area (Å²) >= 11 is 0. The largest absolute Gasteiger partial charge is 0.508 e. The summed E-state index contributed by atoms with van der Waals surface area (Å²) in [4.78, 5) is 29.1. The van der Waals surface area contributed by atoms with E-state index in [1.54, 1.807) is 12.1 Å². The number of aliphatic hydroxyl groups excluding tert-OH is 1. The molecule has 12 heteroatoms. The Morgan fingerprint density at radius 1 is 1.22 bits per heavy atom. The summed E-state index contributed by atoms with van der Waals surface area (Å²) in [6, 6.07) is 3.15. The molecule has 0 saturated carbocycles. The molecular weight excluding hydrogens is 420 g/mol. The number of phenols is 1. The number of nitrogens with zero attached hydrogens (tertiary/aromatic N) is 1. The highest BCUT2D eigenvalue weighted by Crippen LogP contribution is 2.30. The Morgan fingerprint density at radius 2 is 1.84 bits per heavy atom. The van der Waals surface area contributed by atoms with Gasteiger partial charge in [-0.15, -0.1) is 0 Å². The number of epoxide rings is 1. The van der Waals surface area contributed by atoms with Crippen molar-refractivity contribution in [1.29, 1.82) is 0 Å². The van der Waals surface area contributed by atoms with Crippen LogP contribution < -0.4 is 27.8 Å². The molecule has 1 aromatic carbocycles. The van der Waals surface area contributed by atoms with Crippen LogP contribution in [0.3, 0.4) is 0 Å². The Balaban J connectivity index is 1.96. The molecule has 0 unspecified atom stereocenters. The Kier molecular flexibility index (Phi) is 8.78. The summed E-state index contributed by atoms with van der Waals surface area (Å²) in [6.45, 7) is 1.70. The summed E-state index contributed by atoms with van der Waals surface area (Å²) in [5.74, 6) is -2.82. The molecule has 0 aliphatic carbocycles. The van der Waals surface area contributed by atoms with E-state index in [2.05, 4.69) is 15.6 Å². The van der Waals surface area contributed by atoms with Crippen LogP contribution in [0.1, 0.15) is 25.3 Å². The standard InChI is InChI=1S/C20H32N6O6/c1-11(27)16(26-17(29)14(21)9-12-4-6-13(28)7-5-12)18(30)25-15(20(31)10-32-20)3-2-8-24-19(22)23/h4-7,11,14-16,27-28,31H,2-3,8-10,21H2,1H3,(H,25,30)(H,26,29)(H4,22,23,24)/t11-,14+,15+,16+,20+/m1/s1. The molecule has 1 aliphatic rings. The molecular formula is C20H32N6O6. The lowest BCUT2D eigenvalue weighted by Crippen LogP contribution is -2.59. The minimum Gasteiger partial charge on any atom is -0.508 e. The fraction of sp³-hybridized carbons (Fsp3) is 0.550. The zero-order chi connectivity index (χ0) is 23.9. The predicted octanol–water partition coefficient (Wildman–Crippen LogP) is -2.62. The van der Waals surface area contributed by atoms with Crippen molar-refractivity contribution in [2.24, 2.45) is 22.2 Å². The van der Waals surface area contributed by atoms with Gasteiger partial charge in [-0.25, -0.2) is 0 Å². The van der Waals surface area contributed by atoms with Gasteiger partial charge in [0.15, 0.2) is 5.96 Å². The number of benzene rings is 1. The third-order valence-corrected chi connectivity index (χ3v) is 5.04. The van der Waals surface area contributed by atoms with E-state index >= 15 is 0 Å². The molecule has 1 aromatic rings. The Labute approximate surface area is 185 Å². The van der Waals surface area contributed by atoms with Crippen LogP contribution in [-0.4, -0.2) is 76.3 Å². The number of guanidine groups is 1. The van der Waals surface area contributed by atoms with Gasteiger partial charge in [0.25, 0.3) is 0 Å². The molecule has 178 valence electrons. The fourth-order valence-corrected chi connectivity index (χ4v) is 3.09. The third-order valence-electron chi connectivity index (χ3n) is 5.04. The SMILES string of the molecule is C[C@@H](O)[C@H](NC(=O)[C@@H](N)Cc1ccc(O)cc1)C(=O)N[C@@H](CCCN=C(N)N)[C@]1(O)CO1. The molecule has 1 fully saturated rings. The fourth-order valence-electron chi connectivity index (χ4n) is 3.09. The summed E-state index contributed by atoms with van der Waals surface area (Å²) in [7, 11) is 0. The molecule has 12 nitrogen and oxygen atoms in total. The first-order chi connectivity index (χ1) is 15.0. The molecule has 2 amide bonds. The molecule has 32 heavy (non-hydrogen) atoms. The Bertz CT molecular complexity index is 807. The van der Waals surface area contributed by atoms with Gasteiger partial charge in [-0.05, 0) is 43.9 Å². The van der Waals surface area contributed by atoms with E-state index in [9.17, 15) is 24.9 Å². The first-order valence-corrected chi connectivity index (χ1v) is 10.3. The zero-order valence-corrected chi connectivity index (χ0v) is 17.9. The number of nitrogens with one attached hydrogen (secondary N) is 2. The van der Waals surface area contributed by atoms with Gasteiger partial charge in [0.2, 0.25) is 17.6 Å². The molecule has 0 bridgehead atoms. The van der Waals surface area contributed by atoms with Gasteiger partial charge >= 0.3 is 0 Å². The van der Waals surface area contributed by atoms with Crippen LogP contribution in [0, 0.1) is 0 Å². The van der Waals surface area contributed by atoms with Gasteiger partial charge in [-0.3, -0.25) is 14.6 Å². The van der Waals surface area contributed by atoms with E-state index in [1.807, 2.05) is 0 Å². The van der Waals surface area contributed by atoms with Crippen molar-refractivity contribution >= 4 is 17.8 Å². The quantitative estimate of drug-likeness (QED) is 0.0718. The first-order valence-electron chi connectivity index (χ1n) is 10.3. The number of rotatable bonds is 12. The molecule has 1 aliphatic heterocycles. The van der Waals surface area contributed by atoms with Crippen LogP contribution in [0.4, 0.5) is 0 Å². The average Bonchev–Trinajstić information content (AvgIpc) is 3.47. The molecule has 11 N–H and O–H groups in total. The number of aromatic hydroxyl groups is 1. The first kappa shape index (κ1) is 25.3. The number of hydrogen-bond donors (Lipinski definition) is 8. The minimum absolute atomic E-state index is 0.0451. The van der Waals surface area contributed by atoms with E-state index in [-0.39, 0.29) is 24.7 Å². The van der Waals surface area contributed by atoms with Crippen molar-refractivity contribution < 1.29 is 29.6 Å². The topological polar surface area (TPSA) is 222 Å². The van der Waals surface area contributed by atoms with E-state index < -0.39 is 41.8 Å². The van der Waals surface area contributed by atoms with Crippen LogP contribution >= 0.6 is 0 Å². The second-order valence-corrected chi connectivity index (χ2v) is 7.85. The van der Waals surface area contributed by atoms with Gasteiger partial charge in [-0.2, -0.15) is 0 Å². The van der Waals surface area contributed by atoms with Crippen molar-refractivity contribution in [3.05, 3.63) is 29.8 Å². The Hall–Kier alpha value is -2.93. The average molecular weight is 453 g/mol. The smallest absolute Gasteiger partial charge is 0.245 e. The number of nitrogens with two attached hydrogens (primary N) is 3. The van der Waals surface area contributed by atoms with Crippen LogP contribution in [-0.2, 0) is 20.7 Å². The number of carbonyl (C=O) groups is 2. The number of hydrogen-bond acceptors (Lipinski definition) is 8. The number of aliphatic hydroxyl groups is 2. The maximum absolute atomic E-state index is 12.8. The van der Waals surface area contributed by atoms with Crippen LogP contribution in [0.5, 0.6) is 5.75 Å². The lowest BCUT2D eigenvalue weighted by atomic mass is 10.0. The maximum Gasteiger partial charge on any atom is 0.245 e. The van der Waals surface area contributed by atoms with Crippen molar-refractivity contribution in [3.63, 3.8) is 0 Å². The van der Waals surface area contributed by atoms with Gasteiger partial charge in [0.1, 0.15) is 18.4 Å². The summed E-state index contributed by atoms with van der Waals surface area (Å²) in [5.41, 5.74) is 17.2. The van der Waals surface area contributed by atoms with E-state index in [0.717, 1.165) is 5.56 Å². The molecule has 1 saturated heterocycles. The van der Waals surface area contributed by atoms with Crippen molar-refractivity contribution in [2.75, 3.05) is 13.2 Å². The van der Waals surface area contributed by atoms with Crippen LogP contribution in [0.25, 0.3) is 0 Å². The number of ether oxygens (including phenoxy) is 1. The number of phenolic OH excluding ortho intramolecular Hbond substituents is 1. The third kappa shape index (κ3) is 7.64. The molecule has 1 heterocycles. The summed E-state index contributed by atoms with van der Waals surface area (Å²) in [5, 5.41) is 34.8. The van der Waals surface area contributed by atoms with Crippen molar-refractivity contribution in [3.8, 4) is 5.75 Å². The summed E-state index contributed by atoms with van der Waals surface area (Å²) < 4.78 is 5.04. The minimum atomic E-state index is -1.52. The van der Waals surface area contributed by atoms with E-state index in [0.29, 0.717) is 19.4 Å². The maximum atomic E-state index is 12.8. The molecule has 5 atom stereocenters. The highest BCUT2D eigenvalue weighted by Gasteiger charge is 2.51. The summed E-state index contributed by atoms with van der Waals surface area (Å²) in [6.07, 6.45) is -0.296. The molecule has 0 spiro atoms. The van der Waals surface area contributed by atoms with Gasteiger partial charge < -0.3 is 47.9 Å². The van der Waals surface area contributed by atoms with Gasteiger partial charge in [0, 0.05) is 6.54 Å². The van der Waals surface area contributed by atoms with E-state index in [1.165, 1.54) is 19.1 Å².